The van der Waals surface area contributed by atoms with E-state index in [2.05, 4.69) is 10.2 Å². The molecule has 0 radical (unpaired) electrons. The SMILES string of the molecule is Nc1cnn(-c2ccc(Cl)cc2F)n1. The molecule has 0 aliphatic rings. The molecular weight excluding hydrogens is 207 g/mol. The first kappa shape index (κ1) is 8.96. The molecule has 4 nitrogen and oxygen atoms in total. The van der Waals surface area contributed by atoms with E-state index in [1.165, 1.54) is 18.3 Å². The Bertz CT molecular complexity index is 468. The largest absolute Gasteiger partial charge is 0.381 e. The number of halogens is 2. The molecule has 0 amide bonds. The third kappa shape index (κ3) is 1.54. The van der Waals surface area contributed by atoms with Crippen LogP contribution in [0, 0.1) is 5.82 Å². The van der Waals surface area contributed by atoms with Gasteiger partial charge in [-0.15, -0.1) is 9.90 Å². The van der Waals surface area contributed by atoms with Gasteiger partial charge in [-0.3, -0.25) is 0 Å². The standard InChI is InChI=1S/C8H6ClFN4/c9-5-1-2-7(6(10)3-5)14-12-4-8(11)13-14/h1-4H,(H2,11,13). The van der Waals surface area contributed by atoms with Crippen LogP contribution in [0.25, 0.3) is 5.69 Å². The molecule has 0 fully saturated rings. The van der Waals surface area contributed by atoms with Gasteiger partial charge in [0.1, 0.15) is 5.69 Å². The van der Waals surface area contributed by atoms with Crippen molar-refractivity contribution >= 4 is 17.4 Å². The summed E-state index contributed by atoms with van der Waals surface area (Å²) in [7, 11) is 0. The Labute approximate surface area is 84.1 Å². The van der Waals surface area contributed by atoms with Crippen LogP contribution < -0.4 is 5.73 Å². The van der Waals surface area contributed by atoms with Gasteiger partial charge in [0.2, 0.25) is 0 Å². The Kier molecular flexibility index (Phi) is 2.09. The molecule has 1 heterocycles. The second-order valence-corrected chi connectivity index (χ2v) is 3.09. The topological polar surface area (TPSA) is 56.7 Å². The summed E-state index contributed by atoms with van der Waals surface area (Å²) in [6.45, 7) is 0. The lowest BCUT2D eigenvalue weighted by Crippen LogP contribution is -2.02. The van der Waals surface area contributed by atoms with Gasteiger partial charge in [0, 0.05) is 5.02 Å². The second-order valence-electron chi connectivity index (χ2n) is 2.65. The monoisotopic (exact) mass is 212 g/mol. The lowest BCUT2D eigenvalue weighted by atomic mass is 10.3. The third-order valence-electron chi connectivity index (χ3n) is 1.63. The average molecular weight is 213 g/mol. The van der Waals surface area contributed by atoms with E-state index in [9.17, 15) is 4.39 Å². The maximum Gasteiger partial charge on any atom is 0.166 e. The number of aromatic nitrogens is 3. The van der Waals surface area contributed by atoms with Gasteiger partial charge < -0.3 is 5.73 Å². The van der Waals surface area contributed by atoms with Crippen LogP contribution >= 0.6 is 11.6 Å². The van der Waals surface area contributed by atoms with Gasteiger partial charge in [-0.2, -0.15) is 5.10 Å². The predicted octanol–water partition coefficient (Wildman–Crippen LogP) is 1.64. The van der Waals surface area contributed by atoms with Gasteiger partial charge >= 0.3 is 0 Å². The molecule has 0 unspecified atom stereocenters. The highest BCUT2D eigenvalue weighted by atomic mass is 35.5. The van der Waals surface area contributed by atoms with Gasteiger partial charge in [0.05, 0.1) is 6.20 Å². The smallest absolute Gasteiger partial charge is 0.166 e. The van der Waals surface area contributed by atoms with E-state index in [4.69, 9.17) is 17.3 Å². The van der Waals surface area contributed by atoms with E-state index in [-0.39, 0.29) is 11.5 Å². The second kappa shape index (κ2) is 3.26. The molecule has 1 aromatic heterocycles. The fourth-order valence-electron chi connectivity index (χ4n) is 1.03. The van der Waals surface area contributed by atoms with E-state index in [0.717, 1.165) is 4.80 Å². The summed E-state index contributed by atoms with van der Waals surface area (Å²) >= 11 is 5.59. The molecule has 72 valence electrons. The molecule has 0 spiro atoms. The van der Waals surface area contributed by atoms with Crippen LogP contribution in [0.4, 0.5) is 10.2 Å². The van der Waals surface area contributed by atoms with Gasteiger partial charge in [-0.05, 0) is 18.2 Å². The molecular formula is C8H6ClFN4. The maximum absolute atomic E-state index is 13.3. The van der Waals surface area contributed by atoms with Gasteiger partial charge in [0.25, 0.3) is 0 Å². The number of nitrogens with zero attached hydrogens (tertiary/aromatic N) is 3. The predicted molar refractivity (Wildman–Crippen MR) is 50.7 cm³/mol. The number of anilines is 1. The first-order valence-corrected chi connectivity index (χ1v) is 4.18. The number of benzene rings is 1. The summed E-state index contributed by atoms with van der Waals surface area (Å²) in [4.78, 5) is 1.11. The van der Waals surface area contributed by atoms with Gasteiger partial charge in [0.15, 0.2) is 11.6 Å². The molecule has 1 aromatic carbocycles. The molecule has 0 bridgehead atoms. The van der Waals surface area contributed by atoms with Crippen LogP contribution in [0.2, 0.25) is 5.02 Å². The molecule has 2 aromatic rings. The molecule has 0 atom stereocenters. The number of nitrogen functional groups attached to an aromatic ring is 1. The number of hydrogen-bond acceptors (Lipinski definition) is 3. The Morgan fingerprint density at radius 3 is 2.79 bits per heavy atom. The lowest BCUT2D eigenvalue weighted by molar-refractivity contribution is 0.597. The van der Waals surface area contributed by atoms with E-state index < -0.39 is 5.82 Å². The fourth-order valence-corrected chi connectivity index (χ4v) is 1.19. The van der Waals surface area contributed by atoms with Crippen molar-refractivity contribution in [1.82, 2.24) is 15.0 Å². The molecule has 0 aliphatic carbocycles. The minimum atomic E-state index is -0.492. The van der Waals surface area contributed by atoms with E-state index in [1.807, 2.05) is 0 Å². The molecule has 6 heteroatoms. The highest BCUT2D eigenvalue weighted by Gasteiger charge is 2.06. The van der Waals surface area contributed by atoms with Crippen LogP contribution in [0.3, 0.4) is 0 Å². The van der Waals surface area contributed by atoms with Crippen LogP contribution in [0.15, 0.2) is 24.4 Å². The first-order valence-electron chi connectivity index (χ1n) is 3.80. The van der Waals surface area contributed by atoms with Crippen LogP contribution in [-0.4, -0.2) is 15.0 Å². The van der Waals surface area contributed by atoms with Crippen LogP contribution in [0.1, 0.15) is 0 Å². The summed E-state index contributed by atoms with van der Waals surface area (Å²) in [6, 6.07) is 4.23. The van der Waals surface area contributed by atoms with Gasteiger partial charge in [-0.25, -0.2) is 4.39 Å². The zero-order valence-electron chi connectivity index (χ0n) is 6.98. The van der Waals surface area contributed by atoms with Crippen molar-refractivity contribution in [2.75, 3.05) is 5.73 Å². The number of nitrogens with two attached hydrogens (primary N) is 1. The fraction of sp³-hybridized carbons (Fsp3) is 0. The normalized spacial score (nSPS) is 10.4. The zero-order valence-corrected chi connectivity index (χ0v) is 7.74. The number of hydrogen-bond donors (Lipinski definition) is 1. The highest BCUT2D eigenvalue weighted by molar-refractivity contribution is 6.30. The maximum atomic E-state index is 13.3. The summed E-state index contributed by atoms with van der Waals surface area (Å²) in [5.74, 6) is -0.257. The van der Waals surface area contributed by atoms with Crippen molar-refractivity contribution in [3.8, 4) is 5.69 Å². The minimum absolute atomic E-state index is 0.214. The zero-order chi connectivity index (χ0) is 10.1. The van der Waals surface area contributed by atoms with Crippen molar-refractivity contribution in [1.29, 1.82) is 0 Å². The summed E-state index contributed by atoms with van der Waals surface area (Å²) < 4.78 is 13.3. The van der Waals surface area contributed by atoms with Crippen LogP contribution in [0.5, 0.6) is 0 Å². The first-order chi connectivity index (χ1) is 6.66. The highest BCUT2D eigenvalue weighted by Crippen LogP contribution is 2.17. The lowest BCUT2D eigenvalue weighted by Gasteiger charge is -2.00. The molecule has 2 N–H and O–H groups in total. The molecule has 0 saturated heterocycles. The molecule has 14 heavy (non-hydrogen) atoms. The molecule has 2 rings (SSSR count). The van der Waals surface area contributed by atoms with E-state index >= 15 is 0 Å². The van der Waals surface area contributed by atoms with Crippen molar-refractivity contribution in [2.24, 2.45) is 0 Å². The van der Waals surface area contributed by atoms with Crippen molar-refractivity contribution < 1.29 is 4.39 Å². The Morgan fingerprint density at radius 2 is 2.21 bits per heavy atom. The average Bonchev–Trinajstić information content (AvgIpc) is 2.51. The summed E-state index contributed by atoms with van der Waals surface area (Å²) in [5.41, 5.74) is 5.57. The Hall–Kier alpha value is -1.62. The molecule has 0 saturated carbocycles. The summed E-state index contributed by atoms with van der Waals surface area (Å²) in [6.07, 6.45) is 1.34. The summed E-state index contributed by atoms with van der Waals surface area (Å²) in [5, 5.41) is 7.87. The molecule has 0 aliphatic heterocycles. The Morgan fingerprint density at radius 1 is 1.43 bits per heavy atom. The third-order valence-corrected chi connectivity index (χ3v) is 1.87. The van der Waals surface area contributed by atoms with Crippen molar-refractivity contribution in [3.05, 3.63) is 35.2 Å². The minimum Gasteiger partial charge on any atom is -0.381 e. The van der Waals surface area contributed by atoms with E-state index in [1.54, 1.807) is 6.07 Å². The van der Waals surface area contributed by atoms with E-state index in [0.29, 0.717) is 5.02 Å². The number of rotatable bonds is 1. The van der Waals surface area contributed by atoms with Crippen LogP contribution in [-0.2, 0) is 0 Å². The Balaban J connectivity index is 2.52. The van der Waals surface area contributed by atoms with Gasteiger partial charge in [-0.1, -0.05) is 11.6 Å². The quantitative estimate of drug-likeness (QED) is 0.782. The van der Waals surface area contributed by atoms with Crippen molar-refractivity contribution in [2.45, 2.75) is 0 Å². The van der Waals surface area contributed by atoms with Crippen molar-refractivity contribution in [3.63, 3.8) is 0 Å².